The molecule has 1 aliphatic rings. The van der Waals surface area contributed by atoms with Crippen molar-refractivity contribution in [3.63, 3.8) is 0 Å². The number of rotatable bonds is 4. The molecule has 1 saturated heterocycles. The molecule has 174 valence electrons. The zero-order valence-electron chi connectivity index (χ0n) is 18.7. The first-order valence-corrected chi connectivity index (χ1v) is 10.8. The molecule has 3 heterocycles. The molecule has 0 spiro atoms. The molecule has 1 fully saturated rings. The molecule has 1 aliphatic heterocycles. The number of aryl methyl sites for hydroxylation is 1. The summed E-state index contributed by atoms with van der Waals surface area (Å²) in [4.78, 5) is 17.1. The van der Waals surface area contributed by atoms with E-state index in [-0.39, 0.29) is 11.6 Å². The van der Waals surface area contributed by atoms with Gasteiger partial charge in [0.1, 0.15) is 11.5 Å². The first-order valence-electron chi connectivity index (χ1n) is 10.8. The minimum Gasteiger partial charge on any atom is -0.336 e. The molecule has 0 N–H and O–H groups in total. The van der Waals surface area contributed by atoms with Gasteiger partial charge in [0.15, 0.2) is 5.82 Å². The van der Waals surface area contributed by atoms with Crippen molar-refractivity contribution < 1.29 is 13.6 Å². The van der Waals surface area contributed by atoms with Gasteiger partial charge < -0.3 is 9.80 Å². The molecule has 2 aromatic carbocycles. The molecule has 0 bridgehead atoms. The number of aromatic nitrogens is 6. The number of nitrogens with zero attached hydrogens (tertiary/aromatic N) is 8. The number of para-hydroxylation sites is 1. The van der Waals surface area contributed by atoms with E-state index in [1.165, 1.54) is 16.8 Å². The Morgan fingerprint density at radius 1 is 0.941 bits per heavy atom. The number of hydrogen-bond donors (Lipinski definition) is 0. The lowest BCUT2D eigenvalue weighted by atomic mass is 10.1. The van der Waals surface area contributed by atoms with E-state index in [1.807, 2.05) is 35.2 Å². The highest BCUT2D eigenvalue weighted by atomic mass is 19.1. The van der Waals surface area contributed by atoms with Crippen molar-refractivity contribution in [1.29, 1.82) is 0 Å². The van der Waals surface area contributed by atoms with E-state index >= 15 is 0 Å². The van der Waals surface area contributed by atoms with E-state index in [0.29, 0.717) is 49.1 Å². The average molecular weight is 464 g/mol. The molecule has 1 amide bonds. The second-order valence-corrected chi connectivity index (χ2v) is 8.06. The van der Waals surface area contributed by atoms with E-state index in [2.05, 4.69) is 20.6 Å². The van der Waals surface area contributed by atoms with Gasteiger partial charge in [0.05, 0.1) is 22.6 Å². The summed E-state index contributed by atoms with van der Waals surface area (Å²) in [6, 6.07) is 12.9. The van der Waals surface area contributed by atoms with Crippen LogP contribution in [0.15, 0.2) is 48.5 Å². The first-order chi connectivity index (χ1) is 16.4. The summed E-state index contributed by atoms with van der Waals surface area (Å²) in [5, 5.41) is 16.4. The maximum absolute atomic E-state index is 14.3. The van der Waals surface area contributed by atoms with Crippen molar-refractivity contribution in [3.8, 4) is 11.4 Å². The van der Waals surface area contributed by atoms with E-state index in [1.54, 1.807) is 23.4 Å². The van der Waals surface area contributed by atoms with Crippen LogP contribution in [-0.2, 0) is 0 Å². The summed E-state index contributed by atoms with van der Waals surface area (Å²) in [6.07, 6.45) is 0. The van der Waals surface area contributed by atoms with E-state index in [4.69, 9.17) is 0 Å². The minimum absolute atomic E-state index is 0.0959. The van der Waals surface area contributed by atoms with Crippen molar-refractivity contribution >= 4 is 11.9 Å². The maximum atomic E-state index is 14.3. The lowest BCUT2D eigenvalue weighted by molar-refractivity contribution is 0.0744. The van der Waals surface area contributed by atoms with Crippen molar-refractivity contribution in [1.82, 2.24) is 34.9 Å². The smallest absolute Gasteiger partial charge is 0.257 e. The highest BCUT2D eigenvalue weighted by Gasteiger charge is 2.29. The fraction of sp³-hybridized carbons (Fsp3) is 0.261. The van der Waals surface area contributed by atoms with Crippen LogP contribution >= 0.6 is 0 Å². The SMILES string of the molecule is Cc1nn(-c2ccc(F)cc2F)c(C)c1C(=O)N1CCN(c2nnnn2-c2ccccc2)CC1. The normalized spacial score (nSPS) is 14.0. The maximum Gasteiger partial charge on any atom is 0.257 e. The molecule has 0 atom stereocenters. The highest BCUT2D eigenvalue weighted by Crippen LogP contribution is 2.23. The largest absolute Gasteiger partial charge is 0.336 e. The van der Waals surface area contributed by atoms with Crippen LogP contribution in [0.4, 0.5) is 14.7 Å². The Morgan fingerprint density at radius 2 is 1.68 bits per heavy atom. The number of benzene rings is 2. The predicted octanol–water partition coefficient (Wildman–Crippen LogP) is 2.71. The third-order valence-electron chi connectivity index (χ3n) is 5.95. The Bertz CT molecular complexity index is 1340. The van der Waals surface area contributed by atoms with Crippen LogP contribution in [0, 0.1) is 25.5 Å². The van der Waals surface area contributed by atoms with Gasteiger partial charge in [-0.25, -0.2) is 13.5 Å². The van der Waals surface area contributed by atoms with Gasteiger partial charge in [0.2, 0.25) is 5.95 Å². The summed E-state index contributed by atoms with van der Waals surface area (Å²) in [6.45, 7) is 5.46. The van der Waals surface area contributed by atoms with Crippen molar-refractivity contribution in [2.24, 2.45) is 0 Å². The summed E-state index contributed by atoms with van der Waals surface area (Å²) in [7, 11) is 0. The number of carbonyl (C=O) groups excluding carboxylic acids is 1. The number of anilines is 1. The second-order valence-electron chi connectivity index (χ2n) is 8.06. The molecular formula is C23H22F2N8O. The van der Waals surface area contributed by atoms with E-state index < -0.39 is 11.6 Å². The number of piperazine rings is 1. The number of hydrogen-bond acceptors (Lipinski definition) is 6. The number of halogens is 2. The standard InChI is InChI=1S/C23H22F2N8O/c1-15-21(16(2)32(27-15)20-9-8-17(24)14-19(20)25)22(34)30-10-12-31(13-11-30)23-26-28-29-33(23)18-6-4-3-5-7-18/h3-9,14H,10-13H2,1-2H3. The molecule has 34 heavy (non-hydrogen) atoms. The van der Waals surface area contributed by atoms with Gasteiger partial charge in [-0.1, -0.05) is 23.3 Å². The van der Waals surface area contributed by atoms with E-state index in [0.717, 1.165) is 11.8 Å². The minimum atomic E-state index is -0.741. The van der Waals surface area contributed by atoms with Crippen LogP contribution in [0.5, 0.6) is 0 Å². The van der Waals surface area contributed by atoms with Gasteiger partial charge in [-0.05, 0) is 48.5 Å². The molecule has 0 radical (unpaired) electrons. The van der Waals surface area contributed by atoms with Crippen LogP contribution in [0.2, 0.25) is 0 Å². The molecule has 4 aromatic rings. The van der Waals surface area contributed by atoms with Gasteiger partial charge in [-0.2, -0.15) is 9.78 Å². The summed E-state index contributed by atoms with van der Waals surface area (Å²) in [5.41, 5.74) is 2.36. The monoisotopic (exact) mass is 464 g/mol. The average Bonchev–Trinajstić information content (AvgIpc) is 3.44. The molecule has 0 saturated carbocycles. The van der Waals surface area contributed by atoms with Crippen molar-refractivity contribution in [2.45, 2.75) is 13.8 Å². The number of tetrazole rings is 1. The molecule has 2 aromatic heterocycles. The summed E-state index contributed by atoms with van der Waals surface area (Å²) >= 11 is 0. The predicted molar refractivity (Wildman–Crippen MR) is 120 cm³/mol. The molecular weight excluding hydrogens is 442 g/mol. The number of amides is 1. The second kappa shape index (κ2) is 8.65. The van der Waals surface area contributed by atoms with Crippen LogP contribution < -0.4 is 4.90 Å². The van der Waals surface area contributed by atoms with Crippen molar-refractivity contribution in [3.05, 3.63) is 77.1 Å². The Labute approximate surface area is 194 Å². The lowest BCUT2D eigenvalue weighted by Crippen LogP contribution is -2.49. The Balaban J connectivity index is 1.34. The Morgan fingerprint density at radius 3 is 2.38 bits per heavy atom. The lowest BCUT2D eigenvalue weighted by Gasteiger charge is -2.34. The molecule has 9 nitrogen and oxygen atoms in total. The third-order valence-corrected chi connectivity index (χ3v) is 5.95. The van der Waals surface area contributed by atoms with Crippen LogP contribution in [-0.4, -0.2) is 67.0 Å². The van der Waals surface area contributed by atoms with Gasteiger partial charge in [0, 0.05) is 32.2 Å². The summed E-state index contributed by atoms with van der Waals surface area (Å²) < 4.78 is 30.7. The topological polar surface area (TPSA) is 85.0 Å². The molecule has 5 rings (SSSR count). The fourth-order valence-corrected chi connectivity index (χ4v) is 4.22. The van der Waals surface area contributed by atoms with E-state index in [9.17, 15) is 13.6 Å². The van der Waals surface area contributed by atoms with Crippen molar-refractivity contribution in [2.75, 3.05) is 31.1 Å². The Hall–Kier alpha value is -4.15. The van der Waals surface area contributed by atoms with Crippen LogP contribution in [0.25, 0.3) is 11.4 Å². The summed E-state index contributed by atoms with van der Waals surface area (Å²) in [5.74, 6) is -0.971. The quantitative estimate of drug-likeness (QED) is 0.462. The number of carbonyl (C=O) groups is 1. The van der Waals surface area contributed by atoms with Gasteiger partial charge >= 0.3 is 0 Å². The first kappa shape index (κ1) is 21.7. The molecule has 0 aliphatic carbocycles. The van der Waals surface area contributed by atoms with Crippen LogP contribution in [0.1, 0.15) is 21.7 Å². The third kappa shape index (κ3) is 3.78. The van der Waals surface area contributed by atoms with Crippen LogP contribution in [0.3, 0.4) is 0 Å². The van der Waals surface area contributed by atoms with Gasteiger partial charge in [0.25, 0.3) is 5.91 Å². The molecule has 11 heteroatoms. The van der Waals surface area contributed by atoms with Gasteiger partial charge in [-0.3, -0.25) is 4.79 Å². The molecule has 0 unspecified atom stereocenters. The fourth-order valence-electron chi connectivity index (χ4n) is 4.22. The Kier molecular flexibility index (Phi) is 5.52. The van der Waals surface area contributed by atoms with Gasteiger partial charge in [-0.15, -0.1) is 0 Å². The zero-order chi connectivity index (χ0) is 23.8. The highest BCUT2D eigenvalue weighted by molar-refractivity contribution is 5.96. The zero-order valence-corrected chi connectivity index (χ0v) is 18.7.